The summed E-state index contributed by atoms with van der Waals surface area (Å²) in [4.78, 5) is 22.4. The molecule has 1 atom stereocenters. The average Bonchev–Trinajstić information content (AvgIpc) is 2.26. The molecule has 0 saturated carbocycles. The van der Waals surface area contributed by atoms with Crippen molar-refractivity contribution in [3.63, 3.8) is 0 Å². The Morgan fingerprint density at radius 3 is 2.94 bits per heavy atom. The summed E-state index contributed by atoms with van der Waals surface area (Å²) in [5.74, 6) is -1.64. The molecular formula is C11H11NO4. The van der Waals surface area contributed by atoms with Gasteiger partial charge in [-0.05, 0) is 12.1 Å². The van der Waals surface area contributed by atoms with E-state index in [-0.39, 0.29) is 12.3 Å². The molecule has 0 radical (unpaired) electrons. The number of nitrogens with one attached hydrogen (secondary N) is 1. The summed E-state index contributed by atoms with van der Waals surface area (Å²) in [6.07, 6.45) is -0.0529. The second kappa shape index (κ2) is 3.84. The van der Waals surface area contributed by atoms with Crippen molar-refractivity contribution in [3.8, 4) is 5.75 Å². The molecule has 1 amide bonds. The van der Waals surface area contributed by atoms with Gasteiger partial charge in [-0.25, -0.2) is 0 Å². The van der Waals surface area contributed by atoms with E-state index in [0.717, 1.165) is 0 Å². The van der Waals surface area contributed by atoms with E-state index >= 15 is 0 Å². The Labute approximate surface area is 92.0 Å². The number of fused-ring (bicyclic) bond motifs is 1. The molecule has 1 aromatic carbocycles. The van der Waals surface area contributed by atoms with Crippen molar-refractivity contribution in [2.75, 3.05) is 12.4 Å². The summed E-state index contributed by atoms with van der Waals surface area (Å²) in [6, 6.07) is 5.07. The van der Waals surface area contributed by atoms with E-state index in [9.17, 15) is 9.59 Å². The van der Waals surface area contributed by atoms with Gasteiger partial charge in [0.2, 0.25) is 5.91 Å². The smallest absolute Gasteiger partial charge is 0.311 e. The fourth-order valence-electron chi connectivity index (χ4n) is 1.89. The van der Waals surface area contributed by atoms with E-state index in [2.05, 4.69) is 5.32 Å². The third kappa shape index (κ3) is 1.60. The summed E-state index contributed by atoms with van der Waals surface area (Å²) in [5, 5.41) is 11.7. The van der Waals surface area contributed by atoms with E-state index in [1.807, 2.05) is 0 Å². The number of rotatable bonds is 2. The summed E-state index contributed by atoms with van der Waals surface area (Å²) in [6.45, 7) is 0. The second-order valence-corrected chi connectivity index (χ2v) is 3.56. The number of anilines is 1. The molecule has 5 nitrogen and oxygen atoms in total. The van der Waals surface area contributed by atoms with Crippen molar-refractivity contribution in [1.29, 1.82) is 0 Å². The maximum absolute atomic E-state index is 11.3. The van der Waals surface area contributed by atoms with Gasteiger partial charge in [0.25, 0.3) is 0 Å². The van der Waals surface area contributed by atoms with Crippen LogP contribution in [0.25, 0.3) is 0 Å². The van der Waals surface area contributed by atoms with E-state index < -0.39 is 11.9 Å². The number of carboxylic acids is 1. The molecule has 16 heavy (non-hydrogen) atoms. The van der Waals surface area contributed by atoms with Gasteiger partial charge in [-0.1, -0.05) is 6.07 Å². The minimum atomic E-state index is -1.01. The highest BCUT2D eigenvalue weighted by atomic mass is 16.5. The van der Waals surface area contributed by atoms with Crippen LogP contribution in [0.5, 0.6) is 5.75 Å². The number of hydrogen-bond acceptors (Lipinski definition) is 3. The molecule has 5 heteroatoms. The average molecular weight is 221 g/mol. The van der Waals surface area contributed by atoms with E-state index in [4.69, 9.17) is 9.84 Å². The van der Waals surface area contributed by atoms with Crippen molar-refractivity contribution < 1.29 is 19.4 Å². The molecule has 84 valence electrons. The van der Waals surface area contributed by atoms with Crippen molar-refractivity contribution in [1.82, 2.24) is 0 Å². The topological polar surface area (TPSA) is 75.6 Å². The molecule has 2 N–H and O–H groups in total. The lowest BCUT2D eigenvalue weighted by atomic mass is 9.90. The van der Waals surface area contributed by atoms with Crippen LogP contribution in [0, 0.1) is 0 Å². The van der Waals surface area contributed by atoms with Gasteiger partial charge < -0.3 is 15.2 Å². The largest absolute Gasteiger partial charge is 0.496 e. The van der Waals surface area contributed by atoms with Crippen molar-refractivity contribution >= 4 is 17.6 Å². The number of benzene rings is 1. The Balaban J connectivity index is 2.57. The Kier molecular flexibility index (Phi) is 2.52. The SMILES string of the molecule is COc1cccc2c1C(C(=O)O)CC(=O)N2. The molecule has 1 heterocycles. The standard InChI is InChI=1S/C11H11NO4/c1-16-8-4-2-3-7-10(8)6(11(14)15)5-9(13)12-7/h2-4,6H,5H2,1H3,(H,12,13)(H,14,15). The second-order valence-electron chi connectivity index (χ2n) is 3.56. The van der Waals surface area contributed by atoms with Crippen LogP contribution in [-0.2, 0) is 9.59 Å². The van der Waals surface area contributed by atoms with Crippen molar-refractivity contribution in [3.05, 3.63) is 23.8 Å². The van der Waals surface area contributed by atoms with Gasteiger partial charge in [-0.2, -0.15) is 0 Å². The highest BCUT2D eigenvalue weighted by Gasteiger charge is 2.33. The molecule has 0 saturated heterocycles. The normalized spacial score (nSPS) is 18.6. The zero-order valence-corrected chi connectivity index (χ0v) is 8.69. The predicted octanol–water partition coefficient (Wildman–Crippen LogP) is 1.21. The van der Waals surface area contributed by atoms with Gasteiger partial charge >= 0.3 is 5.97 Å². The number of carboxylic acid groups (broad SMARTS) is 1. The van der Waals surface area contributed by atoms with Gasteiger partial charge in [0.15, 0.2) is 0 Å². The number of ether oxygens (including phenoxy) is 1. The van der Waals surface area contributed by atoms with E-state index in [1.54, 1.807) is 18.2 Å². The summed E-state index contributed by atoms with van der Waals surface area (Å²) >= 11 is 0. The number of hydrogen-bond donors (Lipinski definition) is 2. The summed E-state index contributed by atoms with van der Waals surface area (Å²) in [5.41, 5.74) is 1.06. The highest BCUT2D eigenvalue weighted by molar-refractivity contribution is 6.00. The Morgan fingerprint density at radius 2 is 2.31 bits per heavy atom. The van der Waals surface area contributed by atoms with Gasteiger partial charge in [0.1, 0.15) is 5.75 Å². The number of carbonyl (C=O) groups excluding carboxylic acids is 1. The molecule has 1 aliphatic rings. The van der Waals surface area contributed by atoms with Gasteiger partial charge in [0.05, 0.1) is 13.0 Å². The van der Waals surface area contributed by atoms with Crippen LogP contribution in [-0.4, -0.2) is 24.1 Å². The van der Waals surface area contributed by atoms with Crippen molar-refractivity contribution in [2.24, 2.45) is 0 Å². The van der Waals surface area contributed by atoms with Gasteiger partial charge in [-0.15, -0.1) is 0 Å². The third-order valence-electron chi connectivity index (χ3n) is 2.60. The zero-order valence-electron chi connectivity index (χ0n) is 8.69. The van der Waals surface area contributed by atoms with Gasteiger partial charge in [0, 0.05) is 17.7 Å². The molecule has 0 spiro atoms. The lowest BCUT2D eigenvalue weighted by Gasteiger charge is -2.24. The molecule has 1 aliphatic heterocycles. The van der Waals surface area contributed by atoms with Crippen LogP contribution in [0.3, 0.4) is 0 Å². The van der Waals surface area contributed by atoms with E-state index in [0.29, 0.717) is 17.0 Å². The first kappa shape index (κ1) is 10.5. The molecule has 0 aliphatic carbocycles. The quantitative estimate of drug-likeness (QED) is 0.786. The molecule has 1 unspecified atom stereocenters. The Hall–Kier alpha value is -2.04. The minimum absolute atomic E-state index is 0.0529. The van der Waals surface area contributed by atoms with Gasteiger partial charge in [-0.3, -0.25) is 9.59 Å². The Bertz CT molecular complexity index is 455. The van der Waals surface area contributed by atoms with Crippen molar-refractivity contribution in [2.45, 2.75) is 12.3 Å². The molecule has 0 bridgehead atoms. The minimum Gasteiger partial charge on any atom is -0.496 e. The molecule has 1 aromatic rings. The highest BCUT2D eigenvalue weighted by Crippen LogP contribution is 2.38. The first-order valence-corrected chi connectivity index (χ1v) is 4.83. The first-order valence-electron chi connectivity index (χ1n) is 4.83. The van der Waals surface area contributed by atoms with Crippen LogP contribution in [0.4, 0.5) is 5.69 Å². The predicted molar refractivity (Wildman–Crippen MR) is 56.6 cm³/mol. The van der Waals surface area contributed by atoms with Crippen LogP contribution < -0.4 is 10.1 Å². The first-order chi connectivity index (χ1) is 7.63. The molecule has 2 rings (SSSR count). The summed E-state index contributed by atoms with van der Waals surface area (Å²) < 4.78 is 5.11. The zero-order chi connectivity index (χ0) is 11.7. The Morgan fingerprint density at radius 1 is 1.56 bits per heavy atom. The monoisotopic (exact) mass is 221 g/mol. The molecule has 0 aromatic heterocycles. The number of amides is 1. The maximum atomic E-state index is 11.3. The third-order valence-corrected chi connectivity index (χ3v) is 2.60. The summed E-state index contributed by atoms with van der Waals surface area (Å²) in [7, 11) is 1.48. The number of methoxy groups -OCH3 is 1. The number of aliphatic carboxylic acids is 1. The number of carbonyl (C=O) groups is 2. The van der Waals surface area contributed by atoms with Crippen LogP contribution in [0.2, 0.25) is 0 Å². The van der Waals surface area contributed by atoms with Crippen LogP contribution in [0.1, 0.15) is 17.9 Å². The molecular weight excluding hydrogens is 210 g/mol. The van der Waals surface area contributed by atoms with Crippen LogP contribution in [0.15, 0.2) is 18.2 Å². The lowest BCUT2D eigenvalue weighted by molar-refractivity contribution is -0.140. The van der Waals surface area contributed by atoms with E-state index in [1.165, 1.54) is 7.11 Å². The fraction of sp³-hybridized carbons (Fsp3) is 0.273. The fourth-order valence-corrected chi connectivity index (χ4v) is 1.89. The van der Waals surface area contributed by atoms with Crippen LogP contribution >= 0.6 is 0 Å². The lowest BCUT2D eigenvalue weighted by Crippen LogP contribution is -2.27. The molecule has 0 fully saturated rings. The maximum Gasteiger partial charge on any atom is 0.311 e.